The molecule has 1 aromatic carbocycles. The molecule has 6 heteroatoms. The summed E-state index contributed by atoms with van der Waals surface area (Å²) in [6.45, 7) is 1.94. The van der Waals surface area contributed by atoms with Crippen LogP contribution >= 0.6 is 11.6 Å². The van der Waals surface area contributed by atoms with Crippen molar-refractivity contribution in [2.45, 2.75) is 6.92 Å². The molecule has 0 saturated heterocycles. The molecule has 1 aromatic heterocycles. The minimum Gasteiger partial charge on any atom is -0.258 e. The molecule has 86 valence electrons. The van der Waals surface area contributed by atoms with Crippen molar-refractivity contribution >= 4 is 17.3 Å². The van der Waals surface area contributed by atoms with Crippen LogP contribution in [0.4, 0.5) is 5.69 Å². The van der Waals surface area contributed by atoms with Gasteiger partial charge in [0.2, 0.25) is 5.28 Å². The van der Waals surface area contributed by atoms with Crippen molar-refractivity contribution in [3.63, 3.8) is 0 Å². The normalized spacial score (nSPS) is 10.2. The fourth-order valence-corrected chi connectivity index (χ4v) is 1.54. The number of hydrogen-bond acceptors (Lipinski definition) is 4. The highest BCUT2D eigenvalue weighted by molar-refractivity contribution is 6.28. The van der Waals surface area contributed by atoms with E-state index < -0.39 is 4.92 Å². The summed E-state index contributed by atoms with van der Waals surface area (Å²) in [7, 11) is 0. The fraction of sp³-hybridized carbons (Fsp3) is 0.0909. The zero-order chi connectivity index (χ0) is 12.4. The van der Waals surface area contributed by atoms with Gasteiger partial charge in [-0.1, -0.05) is 29.8 Å². The van der Waals surface area contributed by atoms with E-state index in [2.05, 4.69) is 9.97 Å². The van der Waals surface area contributed by atoms with Gasteiger partial charge in [-0.2, -0.15) is 0 Å². The molecular formula is C11H8ClN3O2. The number of aromatic nitrogens is 2. The lowest BCUT2D eigenvalue weighted by Gasteiger charge is -2.02. The molecule has 0 bridgehead atoms. The molecule has 1 heterocycles. The van der Waals surface area contributed by atoms with Crippen molar-refractivity contribution in [2.24, 2.45) is 0 Å². The van der Waals surface area contributed by atoms with E-state index in [4.69, 9.17) is 11.6 Å². The molecule has 2 rings (SSSR count). The number of halogens is 1. The molecule has 0 aliphatic carbocycles. The molecule has 17 heavy (non-hydrogen) atoms. The van der Waals surface area contributed by atoms with E-state index in [1.165, 1.54) is 0 Å². The summed E-state index contributed by atoms with van der Waals surface area (Å²) in [5.74, 6) is 0. The Morgan fingerprint density at radius 2 is 1.94 bits per heavy atom. The third kappa shape index (κ3) is 2.39. The van der Waals surface area contributed by atoms with Crippen LogP contribution in [0.15, 0.2) is 30.5 Å². The van der Waals surface area contributed by atoms with Crippen LogP contribution in [0.1, 0.15) is 5.56 Å². The first-order chi connectivity index (χ1) is 8.08. The first-order valence-corrected chi connectivity index (χ1v) is 5.19. The Morgan fingerprint density at radius 3 is 2.53 bits per heavy atom. The smallest absolute Gasteiger partial charge is 0.258 e. The summed E-state index contributed by atoms with van der Waals surface area (Å²) in [6.07, 6.45) is 1.12. The second-order valence-corrected chi connectivity index (χ2v) is 3.83. The zero-order valence-electron chi connectivity index (χ0n) is 8.92. The maximum absolute atomic E-state index is 10.9. The van der Waals surface area contributed by atoms with Crippen LogP contribution in [0.5, 0.6) is 0 Å². The Kier molecular flexibility index (Phi) is 3.01. The average molecular weight is 250 g/mol. The maximum Gasteiger partial charge on any atom is 0.313 e. The molecule has 0 unspecified atom stereocenters. The van der Waals surface area contributed by atoms with E-state index in [9.17, 15) is 10.1 Å². The lowest BCUT2D eigenvalue weighted by Crippen LogP contribution is -1.96. The average Bonchev–Trinajstić information content (AvgIpc) is 2.29. The minimum absolute atomic E-state index is 0.00817. The van der Waals surface area contributed by atoms with Gasteiger partial charge in [-0.15, -0.1) is 0 Å². The highest BCUT2D eigenvalue weighted by Gasteiger charge is 2.18. The number of nitro groups is 1. The largest absolute Gasteiger partial charge is 0.313 e. The Balaban J connectivity index is 2.60. The molecular weight excluding hydrogens is 242 g/mol. The van der Waals surface area contributed by atoms with Crippen LogP contribution in [0.3, 0.4) is 0 Å². The van der Waals surface area contributed by atoms with Gasteiger partial charge in [-0.05, 0) is 18.5 Å². The Morgan fingerprint density at radius 1 is 1.29 bits per heavy atom. The number of nitrogens with zero attached hydrogens (tertiary/aromatic N) is 3. The fourth-order valence-electron chi connectivity index (χ4n) is 1.41. The third-order valence-corrected chi connectivity index (χ3v) is 2.44. The summed E-state index contributed by atoms with van der Waals surface area (Å²) in [5.41, 5.74) is 1.79. The predicted molar refractivity (Wildman–Crippen MR) is 63.9 cm³/mol. The third-order valence-electron chi connectivity index (χ3n) is 2.26. The zero-order valence-corrected chi connectivity index (χ0v) is 9.68. The van der Waals surface area contributed by atoms with Crippen molar-refractivity contribution in [3.05, 3.63) is 51.4 Å². The second-order valence-electron chi connectivity index (χ2n) is 3.50. The first-order valence-electron chi connectivity index (χ1n) is 4.82. The van der Waals surface area contributed by atoms with E-state index in [0.717, 1.165) is 11.8 Å². The van der Waals surface area contributed by atoms with Gasteiger partial charge in [0, 0.05) is 5.56 Å². The Labute approximate surface area is 102 Å². The lowest BCUT2D eigenvalue weighted by atomic mass is 10.1. The second kappa shape index (κ2) is 4.47. The van der Waals surface area contributed by atoms with Crippen LogP contribution in [-0.4, -0.2) is 14.9 Å². The highest BCUT2D eigenvalue weighted by Crippen LogP contribution is 2.28. The number of hydrogen-bond donors (Lipinski definition) is 0. The van der Waals surface area contributed by atoms with Crippen LogP contribution in [0, 0.1) is 17.0 Å². The molecule has 0 radical (unpaired) electrons. The number of aryl methyl sites for hydroxylation is 1. The van der Waals surface area contributed by atoms with E-state index in [1.54, 1.807) is 12.1 Å². The highest BCUT2D eigenvalue weighted by atomic mass is 35.5. The topological polar surface area (TPSA) is 68.9 Å². The summed E-state index contributed by atoms with van der Waals surface area (Å²) in [5, 5.41) is 10.8. The van der Waals surface area contributed by atoms with Crippen molar-refractivity contribution in [2.75, 3.05) is 0 Å². The Bertz CT molecular complexity index is 569. The predicted octanol–water partition coefficient (Wildman–Crippen LogP) is 3.01. The van der Waals surface area contributed by atoms with Gasteiger partial charge in [0.15, 0.2) is 5.69 Å². The standard InChI is InChI=1S/C11H8ClN3O2/c1-7-2-4-8(5-3-7)10-9(15(16)17)6-13-11(12)14-10/h2-6H,1H3. The Hall–Kier alpha value is -2.01. The molecule has 0 atom stereocenters. The SMILES string of the molecule is Cc1ccc(-c2nc(Cl)ncc2[N+](=O)[O-])cc1. The molecule has 5 nitrogen and oxygen atoms in total. The van der Waals surface area contributed by atoms with Gasteiger partial charge in [-0.3, -0.25) is 10.1 Å². The van der Waals surface area contributed by atoms with Gasteiger partial charge in [-0.25, -0.2) is 9.97 Å². The molecule has 0 N–H and O–H groups in total. The maximum atomic E-state index is 10.9. The van der Waals surface area contributed by atoms with E-state index >= 15 is 0 Å². The molecule has 0 spiro atoms. The number of rotatable bonds is 2. The van der Waals surface area contributed by atoms with Crippen molar-refractivity contribution < 1.29 is 4.92 Å². The van der Waals surface area contributed by atoms with Gasteiger partial charge in [0.25, 0.3) is 0 Å². The molecule has 0 saturated carbocycles. The molecule has 0 aliphatic rings. The minimum atomic E-state index is -0.522. The number of benzene rings is 1. The van der Waals surface area contributed by atoms with Crippen molar-refractivity contribution in [1.29, 1.82) is 0 Å². The van der Waals surface area contributed by atoms with E-state index in [0.29, 0.717) is 5.56 Å². The van der Waals surface area contributed by atoms with Crippen LogP contribution in [0.25, 0.3) is 11.3 Å². The summed E-state index contributed by atoms with van der Waals surface area (Å²) in [6, 6.07) is 7.24. The van der Waals surface area contributed by atoms with Crippen LogP contribution in [-0.2, 0) is 0 Å². The van der Waals surface area contributed by atoms with Gasteiger partial charge in [0.1, 0.15) is 6.20 Å². The quantitative estimate of drug-likeness (QED) is 0.466. The molecule has 0 aliphatic heterocycles. The van der Waals surface area contributed by atoms with Gasteiger partial charge >= 0.3 is 5.69 Å². The molecule has 2 aromatic rings. The van der Waals surface area contributed by atoms with Crippen LogP contribution in [0.2, 0.25) is 5.28 Å². The van der Waals surface area contributed by atoms with Gasteiger partial charge in [0.05, 0.1) is 4.92 Å². The summed E-state index contributed by atoms with van der Waals surface area (Å²) >= 11 is 5.66. The van der Waals surface area contributed by atoms with E-state index in [-0.39, 0.29) is 16.7 Å². The van der Waals surface area contributed by atoms with Crippen molar-refractivity contribution in [3.8, 4) is 11.3 Å². The first kappa shape index (κ1) is 11.5. The molecule has 0 amide bonds. The molecule has 0 fully saturated rings. The van der Waals surface area contributed by atoms with Gasteiger partial charge < -0.3 is 0 Å². The van der Waals surface area contributed by atoms with E-state index in [1.807, 2.05) is 19.1 Å². The summed E-state index contributed by atoms with van der Waals surface area (Å²) < 4.78 is 0. The van der Waals surface area contributed by atoms with Crippen molar-refractivity contribution in [1.82, 2.24) is 9.97 Å². The lowest BCUT2D eigenvalue weighted by molar-refractivity contribution is -0.384. The van der Waals surface area contributed by atoms with Crippen LogP contribution < -0.4 is 0 Å². The summed E-state index contributed by atoms with van der Waals surface area (Å²) in [4.78, 5) is 17.9. The monoisotopic (exact) mass is 249 g/mol.